The van der Waals surface area contributed by atoms with Gasteiger partial charge in [0, 0.05) is 12.2 Å². The Hall–Kier alpha value is -2.63. The lowest BCUT2D eigenvalue weighted by atomic mass is 10.2. The molecule has 19 heavy (non-hydrogen) atoms. The number of aromatic nitrogens is 1. The molecule has 0 unspecified atom stereocenters. The van der Waals surface area contributed by atoms with E-state index >= 15 is 0 Å². The number of benzene rings is 1. The summed E-state index contributed by atoms with van der Waals surface area (Å²) in [5.74, 6) is -0.704. The van der Waals surface area contributed by atoms with Crippen molar-refractivity contribution in [3.8, 4) is 0 Å². The van der Waals surface area contributed by atoms with Crippen molar-refractivity contribution in [2.75, 3.05) is 14.2 Å². The number of carbonyl (C=O) groups excluding carboxylic acids is 2. The fourth-order valence-electron chi connectivity index (χ4n) is 1.47. The average molecular weight is 261 g/mol. The van der Waals surface area contributed by atoms with Crippen LogP contribution in [0.25, 0.3) is 17.2 Å². The molecule has 1 aromatic heterocycles. The van der Waals surface area contributed by atoms with E-state index in [1.807, 2.05) is 0 Å². The van der Waals surface area contributed by atoms with Crippen LogP contribution in [0, 0.1) is 0 Å². The second-order valence-corrected chi connectivity index (χ2v) is 3.58. The molecule has 0 fully saturated rings. The van der Waals surface area contributed by atoms with Crippen LogP contribution >= 0.6 is 0 Å². The lowest BCUT2D eigenvalue weighted by Gasteiger charge is -1.96. The summed E-state index contributed by atoms with van der Waals surface area (Å²) in [5, 5.41) is 0. The molecule has 1 aromatic carbocycles. The molecule has 0 amide bonds. The summed E-state index contributed by atoms with van der Waals surface area (Å²) in [6, 6.07) is 4.76. The minimum Gasteiger partial charge on any atom is -0.466 e. The van der Waals surface area contributed by atoms with Crippen molar-refractivity contribution in [1.82, 2.24) is 4.98 Å². The Morgan fingerprint density at radius 2 is 2.05 bits per heavy atom. The maximum atomic E-state index is 11.4. The van der Waals surface area contributed by atoms with Gasteiger partial charge < -0.3 is 13.9 Å². The van der Waals surface area contributed by atoms with Gasteiger partial charge in [-0.05, 0) is 18.2 Å². The highest BCUT2D eigenvalue weighted by atomic mass is 16.5. The van der Waals surface area contributed by atoms with Gasteiger partial charge in [-0.15, -0.1) is 0 Å². The molecule has 1 heterocycles. The lowest BCUT2D eigenvalue weighted by molar-refractivity contribution is -0.134. The number of ether oxygens (including phenoxy) is 2. The second-order valence-electron chi connectivity index (χ2n) is 3.58. The van der Waals surface area contributed by atoms with Crippen molar-refractivity contribution in [3.05, 3.63) is 35.7 Å². The van der Waals surface area contributed by atoms with Crippen LogP contribution in [0.5, 0.6) is 0 Å². The first-order chi connectivity index (χ1) is 9.13. The molecule has 6 heteroatoms. The Kier molecular flexibility index (Phi) is 3.61. The van der Waals surface area contributed by atoms with Crippen molar-refractivity contribution in [2.45, 2.75) is 0 Å². The smallest absolute Gasteiger partial charge is 0.337 e. The van der Waals surface area contributed by atoms with Crippen LogP contribution < -0.4 is 0 Å². The van der Waals surface area contributed by atoms with E-state index in [0.717, 1.165) is 0 Å². The van der Waals surface area contributed by atoms with Gasteiger partial charge in [-0.1, -0.05) is 0 Å². The van der Waals surface area contributed by atoms with Crippen LogP contribution in [0.3, 0.4) is 0 Å². The van der Waals surface area contributed by atoms with E-state index in [-0.39, 0.29) is 5.89 Å². The Labute approximate surface area is 108 Å². The molecule has 2 aromatic rings. The summed E-state index contributed by atoms with van der Waals surface area (Å²) in [5.41, 5.74) is 1.39. The summed E-state index contributed by atoms with van der Waals surface area (Å²) < 4.78 is 14.4. The van der Waals surface area contributed by atoms with Crippen LogP contribution in [0.2, 0.25) is 0 Å². The highest BCUT2D eigenvalue weighted by Crippen LogP contribution is 2.18. The molecule has 0 aliphatic heterocycles. The summed E-state index contributed by atoms with van der Waals surface area (Å²) in [7, 11) is 2.58. The lowest BCUT2D eigenvalue weighted by Crippen LogP contribution is -2.00. The largest absolute Gasteiger partial charge is 0.466 e. The Bertz CT molecular complexity index is 656. The maximum absolute atomic E-state index is 11.4. The molecule has 0 bridgehead atoms. The van der Waals surface area contributed by atoms with E-state index in [0.29, 0.717) is 16.7 Å². The second kappa shape index (κ2) is 5.34. The number of carbonyl (C=O) groups is 2. The SMILES string of the molecule is COC(=O)C=Cc1nc2ccc(C(=O)OC)cc2o1. The molecule has 0 radical (unpaired) electrons. The Morgan fingerprint density at radius 3 is 2.74 bits per heavy atom. The molecule has 0 atom stereocenters. The molecule has 0 aliphatic rings. The molecule has 0 saturated carbocycles. The highest BCUT2D eigenvalue weighted by Gasteiger charge is 2.09. The zero-order valence-electron chi connectivity index (χ0n) is 10.4. The number of hydrogen-bond acceptors (Lipinski definition) is 6. The normalized spacial score (nSPS) is 10.8. The number of fused-ring (bicyclic) bond motifs is 1. The van der Waals surface area contributed by atoms with Crippen molar-refractivity contribution < 1.29 is 23.5 Å². The Balaban J connectivity index is 2.33. The van der Waals surface area contributed by atoms with E-state index in [4.69, 9.17) is 4.42 Å². The van der Waals surface area contributed by atoms with Gasteiger partial charge in [0.2, 0.25) is 5.89 Å². The van der Waals surface area contributed by atoms with E-state index in [2.05, 4.69) is 14.5 Å². The van der Waals surface area contributed by atoms with Crippen LogP contribution in [0.15, 0.2) is 28.7 Å². The summed E-state index contributed by atoms with van der Waals surface area (Å²) in [6.45, 7) is 0. The number of methoxy groups -OCH3 is 2. The van der Waals surface area contributed by atoms with Crippen LogP contribution in [-0.2, 0) is 14.3 Å². The molecule has 0 spiro atoms. The van der Waals surface area contributed by atoms with Crippen molar-refractivity contribution in [2.24, 2.45) is 0 Å². The van der Waals surface area contributed by atoms with Gasteiger partial charge in [0.15, 0.2) is 5.58 Å². The summed E-state index contributed by atoms with van der Waals surface area (Å²) in [4.78, 5) is 26.4. The maximum Gasteiger partial charge on any atom is 0.337 e. The van der Waals surface area contributed by atoms with Crippen molar-refractivity contribution >= 4 is 29.1 Å². The van der Waals surface area contributed by atoms with Crippen LogP contribution in [0.1, 0.15) is 16.2 Å². The number of esters is 2. The molecule has 2 rings (SSSR count). The summed E-state index contributed by atoms with van der Waals surface area (Å²) >= 11 is 0. The van der Waals surface area contributed by atoms with Gasteiger partial charge in [-0.2, -0.15) is 0 Å². The molecule has 0 saturated heterocycles. The van der Waals surface area contributed by atoms with E-state index in [1.165, 1.54) is 32.4 Å². The molecular formula is C13H11NO5. The molecule has 6 nitrogen and oxygen atoms in total. The molecule has 0 aliphatic carbocycles. The third-order valence-electron chi connectivity index (χ3n) is 2.39. The third-order valence-corrected chi connectivity index (χ3v) is 2.39. The first-order valence-corrected chi connectivity index (χ1v) is 5.39. The van der Waals surface area contributed by atoms with Crippen molar-refractivity contribution in [1.29, 1.82) is 0 Å². The topological polar surface area (TPSA) is 78.6 Å². The van der Waals surface area contributed by atoms with Gasteiger partial charge >= 0.3 is 11.9 Å². The number of nitrogens with zero attached hydrogens (tertiary/aromatic N) is 1. The van der Waals surface area contributed by atoms with Gasteiger partial charge in [0.25, 0.3) is 0 Å². The van der Waals surface area contributed by atoms with Crippen LogP contribution in [-0.4, -0.2) is 31.1 Å². The standard InChI is InChI=1S/C13H11NO5/c1-17-12(15)6-5-11-14-9-4-3-8(13(16)18-2)7-10(9)19-11/h3-7H,1-2H3. The van der Waals surface area contributed by atoms with E-state index in [9.17, 15) is 9.59 Å². The molecule has 0 N–H and O–H groups in total. The predicted octanol–water partition coefficient (Wildman–Crippen LogP) is 1.80. The number of hydrogen-bond donors (Lipinski definition) is 0. The van der Waals surface area contributed by atoms with Crippen LogP contribution in [0.4, 0.5) is 0 Å². The number of rotatable bonds is 3. The molecular weight excluding hydrogens is 250 g/mol. The quantitative estimate of drug-likeness (QED) is 0.619. The Morgan fingerprint density at radius 1 is 1.26 bits per heavy atom. The summed E-state index contributed by atoms with van der Waals surface area (Å²) in [6.07, 6.45) is 2.59. The average Bonchev–Trinajstić information content (AvgIpc) is 2.85. The van der Waals surface area contributed by atoms with Gasteiger partial charge in [0.1, 0.15) is 5.52 Å². The highest BCUT2D eigenvalue weighted by molar-refractivity contribution is 5.93. The first-order valence-electron chi connectivity index (χ1n) is 5.39. The minimum atomic E-state index is -0.502. The fraction of sp³-hybridized carbons (Fsp3) is 0.154. The third kappa shape index (κ3) is 2.79. The monoisotopic (exact) mass is 261 g/mol. The van der Waals surface area contributed by atoms with E-state index in [1.54, 1.807) is 12.1 Å². The fourth-order valence-corrected chi connectivity index (χ4v) is 1.47. The van der Waals surface area contributed by atoms with E-state index < -0.39 is 11.9 Å². The minimum absolute atomic E-state index is 0.252. The predicted molar refractivity (Wildman–Crippen MR) is 66.4 cm³/mol. The van der Waals surface area contributed by atoms with Gasteiger partial charge in [0.05, 0.1) is 19.8 Å². The van der Waals surface area contributed by atoms with Gasteiger partial charge in [-0.3, -0.25) is 0 Å². The van der Waals surface area contributed by atoms with Gasteiger partial charge in [-0.25, -0.2) is 14.6 Å². The number of oxazole rings is 1. The first kappa shape index (κ1) is 12.8. The van der Waals surface area contributed by atoms with Crippen molar-refractivity contribution in [3.63, 3.8) is 0 Å². The molecule has 98 valence electrons. The zero-order chi connectivity index (χ0) is 13.8. The zero-order valence-corrected chi connectivity index (χ0v) is 10.4.